The van der Waals surface area contributed by atoms with Gasteiger partial charge < -0.3 is 24.4 Å². The largest absolute Gasteiger partial charge is 0.479 e. The maximum Gasteiger partial charge on any atom is 0.334 e. The van der Waals surface area contributed by atoms with Crippen LogP contribution in [-0.4, -0.2) is 78.9 Å². The van der Waals surface area contributed by atoms with Gasteiger partial charge in [0.15, 0.2) is 6.10 Å². The first-order valence-electron chi connectivity index (χ1n) is 6.99. The molecule has 8 nitrogen and oxygen atoms in total. The Kier molecular flexibility index (Phi) is 5.00. The Bertz CT molecular complexity index is 419. The Labute approximate surface area is 122 Å². The van der Waals surface area contributed by atoms with Crippen LogP contribution in [0.4, 0.5) is 4.79 Å². The van der Waals surface area contributed by atoms with Gasteiger partial charge in [-0.15, -0.1) is 0 Å². The summed E-state index contributed by atoms with van der Waals surface area (Å²) in [6.45, 7) is 1.63. The van der Waals surface area contributed by atoms with Crippen LogP contribution in [0.1, 0.15) is 12.8 Å². The fourth-order valence-corrected chi connectivity index (χ4v) is 2.65. The normalized spacial score (nSPS) is 23.8. The second-order valence-electron chi connectivity index (χ2n) is 5.21. The average molecular weight is 300 g/mol. The fourth-order valence-electron chi connectivity index (χ4n) is 2.65. The predicted octanol–water partition coefficient (Wildman–Crippen LogP) is -0.223. The molecule has 1 atom stereocenters. The molecule has 2 fully saturated rings. The van der Waals surface area contributed by atoms with Crippen molar-refractivity contribution >= 4 is 18.0 Å². The van der Waals surface area contributed by atoms with E-state index in [1.165, 1.54) is 12.0 Å². The monoisotopic (exact) mass is 300 g/mol. The van der Waals surface area contributed by atoms with Gasteiger partial charge in [0.2, 0.25) is 0 Å². The second-order valence-corrected chi connectivity index (χ2v) is 5.21. The number of carboxylic acid groups (broad SMARTS) is 1. The topological polar surface area (TPSA) is 96.4 Å². The zero-order chi connectivity index (χ0) is 15.4. The molecular formula is C13H20N2O6. The molecule has 0 aromatic rings. The van der Waals surface area contributed by atoms with E-state index in [0.717, 1.165) is 0 Å². The lowest BCUT2D eigenvalue weighted by molar-refractivity contribution is -0.155. The molecule has 1 N–H and O–H groups in total. The number of morpholine rings is 1. The minimum absolute atomic E-state index is 0.0606. The van der Waals surface area contributed by atoms with Gasteiger partial charge in [-0.3, -0.25) is 4.79 Å². The zero-order valence-electron chi connectivity index (χ0n) is 12.0. The number of carbonyl (C=O) groups is 3. The third kappa shape index (κ3) is 3.63. The summed E-state index contributed by atoms with van der Waals surface area (Å²) in [6, 6.07) is -0.187. The van der Waals surface area contributed by atoms with Crippen molar-refractivity contribution in [3.8, 4) is 0 Å². The Morgan fingerprint density at radius 1 is 1.14 bits per heavy atom. The second kappa shape index (κ2) is 6.75. The number of piperidine rings is 1. The summed E-state index contributed by atoms with van der Waals surface area (Å²) < 4.78 is 9.80. The van der Waals surface area contributed by atoms with Gasteiger partial charge in [0.1, 0.15) is 0 Å². The standard InChI is InChI=1S/C13H20N2O6/c1-20-12(18)9-2-4-14(5-3-9)13(19)15-6-7-21-10(8-15)11(16)17/h9-10H,2-8H2,1H3,(H,16,17). The molecule has 0 bridgehead atoms. The van der Waals surface area contributed by atoms with E-state index in [1.807, 2.05) is 0 Å². The quantitative estimate of drug-likeness (QED) is 0.708. The van der Waals surface area contributed by atoms with Crippen molar-refractivity contribution in [2.75, 3.05) is 39.9 Å². The SMILES string of the molecule is COC(=O)C1CCN(C(=O)N2CCOC(C(=O)O)C2)CC1. The van der Waals surface area contributed by atoms with Crippen molar-refractivity contribution in [1.82, 2.24) is 9.80 Å². The Morgan fingerprint density at radius 2 is 1.81 bits per heavy atom. The molecule has 2 saturated heterocycles. The molecule has 8 heteroatoms. The number of carbonyl (C=O) groups excluding carboxylic acids is 2. The minimum atomic E-state index is -1.06. The number of urea groups is 1. The summed E-state index contributed by atoms with van der Waals surface area (Å²) in [5.41, 5.74) is 0. The number of likely N-dealkylation sites (tertiary alicyclic amines) is 1. The van der Waals surface area contributed by atoms with E-state index in [0.29, 0.717) is 32.5 Å². The molecule has 0 spiro atoms. The Balaban J connectivity index is 1.87. The molecule has 2 heterocycles. The van der Waals surface area contributed by atoms with Crippen LogP contribution in [0.3, 0.4) is 0 Å². The average Bonchev–Trinajstić information content (AvgIpc) is 2.53. The van der Waals surface area contributed by atoms with Crippen LogP contribution in [0.2, 0.25) is 0 Å². The van der Waals surface area contributed by atoms with Gasteiger partial charge in [-0.25, -0.2) is 9.59 Å². The van der Waals surface area contributed by atoms with Crippen molar-refractivity contribution in [3.05, 3.63) is 0 Å². The Morgan fingerprint density at radius 3 is 2.38 bits per heavy atom. The number of rotatable bonds is 2. The molecule has 2 aliphatic rings. The number of hydrogen-bond acceptors (Lipinski definition) is 5. The minimum Gasteiger partial charge on any atom is -0.479 e. The van der Waals surface area contributed by atoms with Crippen LogP contribution in [-0.2, 0) is 19.1 Å². The van der Waals surface area contributed by atoms with Crippen LogP contribution in [0.25, 0.3) is 0 Å². The van der Waals surface area contributed by atoms with E-state index in [2.05, 4.69) is 0 Å². The highest BCUT2D eigenvalue weighted by Gasteiger charge is 2.34. The predicted molar refractivity (Wildman–Crippen MR) is 70.7 cm³/mol. The highest BCUT2D eigenvalue weighted by molar-refractivity contribution is 5.78. The van der Waals surface area contributed by atoms with Crippen LogP contribution >= 0.6 is 0 Å². The van der Waals surface area contributed by atoms with Crippen LogP contribution < -0.4 is 0 Å². The smallest absolute Gasteiger partial charge is 0.334 e. The van der Waals surface area contributed by atoms with E-state index >= 15 is 0 Å². The third-order valence-corrected chi connectivity index (χ3v) is 3.91. The highest BCUT2D eigenvalue weighted by atomic mass is 16.5. The number of nitrogens with zero attached hydrogens (tertiary/aromatic N) is 2. The third-order valence-electron chi connectivity index (χ3n) is 3.91. The summed E-state index contributed by atoms with van der Waals surface area (Å²) in [5.74, 6) is -1.45. The summed E-state index contributed by atoms with van der Waals surface area (Å²) in [5, 5.41) is 8.94. The Hall–Kier alpha value is -1.83. The molecule has 2 amide bonds. The fraction of sp³-hybridized carbons (Fsp3) is 0.769. The number of amides is 2. The van der Waals surface area contributed by atoms with Gasteiger partial charge in [0, 0.05) is 19.6 Å². The van der Waals surface area contributed by atoms with E-state index in [4.69, 9.17) is 14.6 Å². The summed E-state index contributed by atoms with van der Waals surface area (Å²) in [4.78, 5) is 37.9. The number of methoxy groups -OCH3 is 1. The van der Waals surface area contributed by atoms with E-state index in [1.54, 1.807) is 4.90 Å². The van der Waals surface area contributed by atoms with E-state index < -0.39 is 12.1 Å². The molecule has 2 aliphatic heterocycles. The first-order valence-corrected chi connectivity index (χ1v) is 6.99. The lowest BCUT2D eigenvalue weighted by Crippen LogP contribution is -2.54. The van der Waals surface area contributed by atoms with Gasteiger partial charge in [-0.05, 0) is 12.8 Å². The maximum atomic E-state index is 12.4. The van der Waals surface area contributed by atoms with Gasteiger partial charge in [-0.1, -0.05) is 0 Å². The molecule has 1 unspecified atom stereocenters. The molecule has 0 saturated carbocycles. The van der Waals surface area contributed by atoms with Crippen LogP contribution in [0.5, 0.6) is 0 Å². The molecule has 0 aromatic carbocycles. The summed E-state index contributed by atoms with van der Waals surface area (Å²) >= 11 is 0. The van der Waals surface area contributed by atoms with Crippen molar-refractivity contribution in [2.45, 2.75) is 18.9 Å². The molecule has 0 aromatic heterocycles. The van der Waals surface area contributed by atoms with Crippen molar-refractivity contribution in [3.63, 3.8) is 0 Å². The van der Waals surface area contributed by atoms with Crippen molar-refractivity contribution < 1.29 is 29.0 Å². The first kappa shape index (κ1) is 15.6. The van der Waals surface area contributed by atoms with E-state index in [-0.39, 0.29) is 31.1 Å². The number of ether oxygens (including phenoxy) is 2. The molecular weight excluding hydrogens is 280 g/mol. The summed E-state index contributed by atoms with van der Waals surface area (Å²) in [7, 11) is 1.36. The van der Waals surface area contributed by atoms with Gasteiger partial charge in [0.25, 0.3) is 0 Å². The van der Waals surface area contributed by atoms with Crippen molar-refractivity contribution in [2.24, 2.45) is 5.92 Å². The number of hydrogen-bond donors (Lipinski definition) is 1. The highest BCUT2D eigenvalue weighted by Crippen LogP contribution is 2.20. The number of carboxylic acids is 1. The van der Waals surface area contributed by atoms with Gasteiger partial charge in [-0.2, -0.15) is 0 Å². The van der Waals surface area contributed by atoms with Gasteiger partial charge >= 0.3 is 18.0 Å². The van der Waals surface area contributed by atoms with Crippen molar-refractivity contribution in [1.29, 1.82) is 0 Å². The molecule has 0 aliphatic carbocycles. The van der Waals surface area contributed by atoms with Crippen LogP contribution in [0, 0.1) is 5.92 Å². The number of aliphatic carboxylic acids is 1. The van der Waals surface area contributed by atoms with Crippen LogP contribution in [0.15, 0.2) is 0 Å². The summed E-state index contributed by atoms with van der Waals surface area (Å²) in [6.07, 6.45) is 0.186. The lowest BCUT2D eigenvalue weighted by atomic mass is 9.97. The lowest BCUT2D eigenvalue weighted by Gasteiger charge is -2.37. The first-order chi connectivity index (χ1) is 10.0. The molecule has 0 radical (unpaired) electrons. The van der Waals surface area contributed by atoms with E-state index in [9.17, 15) is 14.4 Å². The zero-order valence-corrected chi connectivity index (χ0v) is 12.0. The molecule has 2 rings (SSSR count). The van der Waals surface area contributed by atoms with Gasteiger partial charge in [0.05, 0.1) is 26.2 Å². The molecule has 118 valence electrons. The number of esters is 1. The molecule has 21 heavy (non-hydrogen) atoms. The maximum absolute atomic E-state index is 12.4.